The van der Waals surface area contributed by atoms with Crippen molar-refractivity contribution < 1.29 is 4.79 Å². The molecule has 4 rings (SSSR count). The van der Waals surface area contributed by atoms with Crippen LogP contribution < -0.4 is 20.4 Å². The van der Waals surface area contributed by atoms with E-state index in [1.807, 2.05) is 23.2 Å². The van der Waals surface area contributed by atoms with Gasteiger partial charge in [0.15, 0.2) is 5.96 Å². The zero-order valence-electron chi connectivity index (χ0n) is 19.0. The number of rotatable bonds is 6. The third-order valence-electron chi connectivity index (χ3n) is 6.20. The zero-order chi connectivity index (χ0) is 22.2. The lowest BCUT2D eigenvalue weighted by Gasteiger charge is -2.22. The molecule has 170 valence electrons. The predicted octanol–water partition coefficient (Wildman–Crippen LogP) is 3.45. The van der Waals surface area contributed by atoms with Gasteiger partial charge in [0.25, 0.3) is 0 Å². The van der Waals surface area contributed by atoms with Crippen molar-refractivity contribution in [3.63, 3.8) is 0 Å². The first-order valence-electron chi connectivity index (χ1n) is 11.8. The van der Waals surface area contributed by atoms with Crippen LogP contribution in [0.1, 0.15) is 49.7 Å². The Labute approximate surface area is 190 Å². The maximum atomic E-state index is 11.9. The van der Waals surface area contributed by atoms with Crippen molar-refractivity contribution >= 4 is 23.4 Å². The summed E-state index contributed by atoms with van der Waals surface area (Å²) in [6.45, 7) is 4.37. The minimum atomic E-state index is 0.218. The van der Waals surface area contributed by atoms with Crippen LogP contribution in [-0.2, 0) is 17.9 Å². The number of carbonyl (C=O) groups excluding carboxylic acids is 1. The molecular formula is C25H34N6O. The van der Waals surface area contributed by atoms with Crippen LogP contribution in [0, 0.1) is 0 Å². The predicted molar refractivity (Wildman–Crippen MR) is 130 cm³/mol. The Balaban J connectivity index is 1.28. The first kappa shape index (κ1) is 22.1. The number of hydrogen-bond acceptors (Lipinski definition) is 4. The number of pyridine rings is 1. The van der Waals surface area contributed by atoms with E-state index in [1.165, 1.54) is 31.2 Å². The topological polar surface area (TPSA) is 72.9 Å². The highest BCUT2D eigenvalue weighted by molar-refractivity contribution is 5.95. The fourth-order valence-corrected chi connectivity index (χ4v) is 4.35. The van der Waals surface area contributed by atoms with Crippen LogP contribution in [0.3, 0.4) is 0 Å². The summed E-state index contributed by atoms with van der Waals surface area (Å²) in [7, 11) is 1.78. The van der Waals surface area contributed by atoms with Crippen molar-refractivity contribution in [3.05, 3.63) is 53.7 Å². The van der Waals surface area contributed by atoms with Crippen LogP contribution in [-0.4, -0.2) is 43.5 Å². The molecule has 2 saturated heterocycles. The molecule has 1 aromatic carbocycles. The minimum Gasteiger partial charge on any atom is -0.357 e. The highest BCUT2D eigenvalue weighted by Gasteiger charge is 2.21. The maximum Gasteiger partial charge on any atom is 0.227 e. The largest absolute Gasteiger partial charge is 0.357 e. The summed E-state index contributed by atoms with van der Waals surface area (Å²) in [4.78, 5) is 25.1. The molecule has 0 aliphatic carbocycles. The van der Waals surface area contributed by atoms with Gasteiger partial charge in [-0.2, -0.15) is 0 Å². The summed E-state index contributed by atoms with van der Waals surface area (Å²) in [5.74, 6) is 2.05. The molecule has 7 nitrogen and oxygen atoms in total. The molecule has 0 atom stereocenters. The fourth-order valence-electron chi connectivity index (χ4n) is 4.35. The molecule has 0 spiro atoms. The number of anilines is 2. The van der Waals surface area contributed by atoms with Gasteiger partial charge >= 0.3 is 0 Å². The second-order valence-electron chi connectivity index (χ2n) is 8.52. The van der Waals surface area contributed by atoms with Crippen molar-refractivity contribution in [3.8, 4) is 0 Å². The van der Waals surface area contributed by atoms with Crippen LogP contribution >= 0.6 is 0 Å². The van der Waals surface area contributed by atoms with Crippen molar-refractivity contribution in [1.82, 2.24) is 15.6 Å². The molecule has 0 radical (unpaired) electrons. The van der Waals surface area contributed by atoms with Crippen LogP contribution in [0.5, 0.6) is 0 Å². The number of carbonyl (C=O) groups is 1. The van der Waals surface area contributed by atoms with Crippen molar-refractivity contribution in [1.29, 1.82) is 0 Å². The van der Waals surface area contributed by atoms with Gasteiger partial charge in [-0.15, -0.1) is 0 Å². The van der Waals surface area contributed by atoms with Crippen LogP contribution in [0.25, 0.3) is 0 Å². The number of aliphatic imine (C=N–C) groups is 1. The molecule has 2 fully saturated rings. The monoisotopic (exact) mass is 434 g/mol. The first-order valence-corrected chi connectivity index (χ1v) is 11.8. The molecule has 0 saturated carbocycles. The Kier molecular flexibility index (Phi) is 7.59. The molecule has 0 unspecified atom stereocenters. The summed E-state index contributed by atoms with van der Waals surface area (Å²) < 4.78 is 0. The molecule has 0 bridgehead atoms. The summed E-state index contributed by atoms with van der Waals surface area (Å²) in [6.07, 6.45) is 8.63. The Hall–Kier alpha value is -3.09. The molecule has 2 N–H and O–H groups in total. The van der Waals surface area contributed by atoms with Gasteiger partial charge in [-0.05, 0) is 54.7 Å². The number of benzene rings is 1. The smallest absolute Gasteiger partial charge is 0.227 e. The number of nitrogens with one attached hydrogen (secondary N) is 2. The van der Waals surface area contributed by atoms with E-state index in [-0.39, 0.29) is 5.91 Å². The van der Waals surface area contributed by atoms with E-state index in [9.17, 15) is 4.79 Å². The van der Waals surface area contributed by atoms with E-state index >= 15 is 0 Å². The van der Waals surface area contributed by atoms with Gasteiger partial charge in [0, 0.05) is 58.1 Å². The molecular weight excluding hydrogens is 400 g/mol. The van der Waals surface area contributed by atoms with Gasteiger partial charge in [0.1, 0.15) is 5.82 Å². The Morgan fingerprint density at radius 1 is 0.938 bits per heavy atom. The van der Waals surface area contributed by atoms with E-state index < -0.39 is 0 Å². The molecule has 1 amide bonds. The third kappa shape index (κ3) is 5.78. The van der Waals surface area contributed by atoms with E-state index in [0.29, 0.717) is 19.5 Å². The van der Waals surface area contributed by atoms with Gasteiger partial charge in [-0.3, -0.25) is 9.79 Å². The molecule has 1 aromatic heterocycles. The molecule has 2 aliphatic heterocycles. The van der Waals surface area contributed by atoms with Crippen molar-refractivity contribution in [2.45, 2.75) is 51.6 Å². The van der Waals surface area contributed by atoms with Gasteiger partial charge in [0.05, 0.1) is 0 Å². The number of hydrogen-bond donors (Lipinski definition) is 2. The Morgan fingerprint density at radius 3 is 2.31 bits per heavy atom. The molecule has 3 heterocycles. The van der Waals surface area contributed by atoms with Gasteiger partial charge < -0.3 is 20.4 Å². The first-order chi connectivity index (χ1) is 15.7. The quantitative estimate of drug-likeness (QED) is 0.538. The lowest BCUT2D eigenvalue weighted by molar-refractivity contribution is -0.117. The molecule has 2 aromatic rings. The van der Waals surface area contributed by atoms with Gasteiger partial charge in [-0.25, -0.2) is 4.98 Å². The van der Waals surface area contributed by atoms with E-state index in [0.717, 1.165) is 49.1 Å². The fraction of sp³-hybridized carbons (Fsp3) is 0.480. The van der Waals surface area contributed by atoms with Gasteiger partial charge in [-0.1, -0.05) is 25.0 Å². The summed E-state index contributed by atoms with van der Waals surface area (Å²) in [5, 5.41) is 6.77. The molecule has 2 aliphatic rings. The van der Waals surface area contributed by atoms with E-state index in [1.54, 1.807) is 7.05 Å². The molecule has 32 heavy (non-hydrogen) atoms. The lowest BCUT2D eigenvalue weighted by atomic mass is 10.2. The lowest BCUT2D eigenvalue weighted by Crippen LogP contribution is -2.36. The standard InChI is InChI=1S/C25H34N6O/c1-26-25(28-18-20-8-10-22(11-9-20)31-16-6-7-24(31)32)29-19-21-12-13-27-23(17-21)30-14-4-2-3-5-15-30/h8-13,17H,2-7,14-16,18-19H2,1H3,(H2,26,28,29). The Bertz CT molecular complexity index is 918. The average molecular weight is 435 g/mol. The molecule has 7 heteroatoms. The van der Waals surface area contributed by atoms with Gasteiger partial charge in [0.2, 0.25) is 5.91 Å². The highest BCUT2D eigenvalue weighted by Crippen LogP contribution is 2.21. The number of nitrogens with zero attached hydrogens (tertiary/aromatic N) is 4. The van der Waals surface area contributed by atoms with E-state index in [2.05, 4.69) is 49.8 Å². The second-order valence-corrected chi connectivity index (χ2v) is 8.52. The van der Waals surface area contributed by atoms with Crippen molar-refractivity contribution in [2.75, 3.05) is 36.5 Å². The normalized spacial score (nSPS) is 17.4. The average Bonchev–Trinajstić information content (AvgIpc) is 3.08. The zero-order valence-corrected chi connectivity index (χ0v) is 19.0. The second kappa shape index (κ2) is 11.0. The maximum absolute atomic E-state index is 11.9. The number of amides is 1. The van der Waals surface area contributed by atoms with Crippen LogP contribution in [0.2, 0.25) is 0 Å². The third-order valence-corrected chi connectivity index (χ3v) is 6.20. The van der Waals surface area contributed by atoms with Crippen LogP contribution in [0.15, 0.2) is 47.6 Å². The van der Waals surface area contributed by atoms with Crippen molar-refractivity contribution in [2.24, 2.45) is 4.99 Å². The summed E-state index contributed by atoms with van der Waals surface area (Å²) in [5.41, 5.74) is 3.33. The number of aromatic nitrogens is 1. The number of guanidine groups is 1. The Morgan fingerprint density at radius 2 is 1.66 bits per heavy atom. The van der Waals surface area contributed by atoms with E-state index in [4.69, 9.17) is 0 Å². The van der Waals surface area contributed by atoms with Crippen LogP contribution in [0.4, 0.5) is 11.5 Å². The minimum absolute atomic E-state index is 0.218. The SMILES string of the molecule is CN=C(NCc1ccc(N2CCCC2=O)cc1)NCc1ccnc(N2CCCCCC2)c1. The summed E-state index contributed by atoms with van der Waals surface area (Å²) >= 11 is 0. The highest BCUT2D eigenvalue weighted by atomic mass is 16.2. The summed E-state index contributed by atoms with van der Waals surface area (Å²) in [6, 6.07) is 12.4.